The largest absolute Gasteiger partial charge is 0.497 e. The summed E-state index contributed by atoms with van der Waals surface area (Å²) in [6.07, 6.45) is 10.4. The molecule has 2 aromatic rings. The maximum Gasteiger partial charge on any atom is 0.419 e. The minimum absolute atomic E-state index is 0.183. The highest BCUT2D eigenvalue weighted by Gasteiger charge is 2.53. The van der Waals surface area contributed by atoms with Crippen LogP contribution in [0, 0.1) is 53.3 Å². The second kappa shape index (κ2) is 12.1. The molecule has 8 aliphatic carbocycles. The van der Waals surface area contributed by atoms with Crippen molar-refractivity contribution < 1.29 is 38.4 Å². The number of methoxy groups -OCH3 is 1. The van der Waals surface area contributed by atoms with Crippen LogP contribution in [-0.4, -0.2) is 52.6 Å². The lowest BCUT2D eigenvalue weighted by atomic mass is 9.55. The van der Waals surface area contributed by atoms with Crippen LogP contribution in [0.4, 0.5) is 4.79 Å². The van der Waals surface area contributed by atoms with Gasteiger partial charge in [-0.1, -0.05) is 0 Å². The molecule has 10 rings (SSSR count). The van der Waals surface area contributed by atoms with E-state index in [9.17, 15) is 19.5 Å². The Morgan fingerprint density at radius 2 is 1.27 bits per heavy atom. The molecule has 8 bridgehead atoms. The van der Waals surface area contributed by atoms with E-state index in [2.05, 4.69) is 0 Å². The van der Waals surface area contributed by atoms with Gasteiger partial charge in [-0.3, -0.25) is 14.2 Å². The van der Waals surface area contributed by atoms with Gasteiger partial charge in [0.1, 0.15) is 23.6 Å². The molecule has 9 nitrogen and oxygen atoms in total. The zero-order valence-corrected chi connectivity index (χ0v) is 28.8. The van der Waals surface area contributed by atoms with Gasteiger partial charge in [-0.05, 0) is 151 Å². The lowest BCUT2D eigenvalue weighted by molar-refractivity contribution is -0.190. The third-order valence-electron chi connectivity index (χ3n) is 12.8. The molecule has 8 saturated carbocycles. The van der Waals surface area contributed by atoms with Gasteiger partial charge in [-0.25, -0.2) is 4.79 Å². The summed E-state index contributed by atoms with van der Waals surface area (Å²) in [6, 6.07) is 5.24. The van der Waals surface area contributed by atoms with E-state index < -0.39 is 35.7 Å². The number of hydrogen-bond acceptors (Lipinski definition) is 8. The molecule has 1 atom stereocenters. The van der Waals surface area contributed by atoms with E-state index in [1.165, 1.54) is 17.4 Å². The molecule has 0 unspecified atom stereocenters. The van der Waals surface area contributed by atoms with Crippen LogP contribution in [0.25, 0.3) is 10.9 Å². The quantitative estimate of drug-likeness (QED) is 0.179. The van der Waals surface area contributed by atoms with Crippen LogP contribution in [0.1, 0.15) is 103 Å². The predicted molar refractivity (Wildman–Crippen MR) is 177 cm³/mol. The van der Waals surface area contributed by atoms with Gasteiger partial charge in [0.2, 0.25) is 0 Å². The SMILES string of the molecule is COc1ccc2c(c1)c([C@@H](O)CC(C(=O)OC1C3CC4CC(C3)CC1C4)C(=O)OC1C3CC4CC(C3)CC1C4)cn2C(=O)OC(C)(C)C. The van der Waals surface area contributed by atoms with Crippen LogP contribution in [0.5, 0.6) is 5.75 Å². The second-order valence-corrected chi connectivity index (χ2v) is 17.3. The number of aliphatic hydroxyl groups excluding tert-OH is 1. The first-order valence-electron chi connectivity index (χ1n) is 18.4. The van der Waals surface area contributed by atoms with E-state index in [4.69, 9.17) is 18.9 Å². The number of esters is 2. The third-order valence-corrected chi connectivity index (χ3v) is 12.8. The van der Waals surface area contributed by atoms with Gasteiger partial charge in [0, 0.05) is 23.6 Å². The van der Waals surface area contributed by atoms with Gasteiger partial charge in [0.25, 0.3) is 0 Å². The Balaban J connectivity index is 1.08. The van der Waals surface area contributed by atoms with Gasteiger partial charge in [0.05, 0.1) is 18.7 Å². The van der Waals surface area contributed by atoms with E-state index in [1.54, 1.807) is 52.3 Å². The maximum absolute atomic E-state index is 14.2. The number of carbonyl (C=O) groups is 3. The number of hydrogen-bond donors (Lipinski definition) is 1. The summed E-state index contributed by atoms with van der Waals surface area (Å²) in [5.74, 6) is 2.36. The van der Waals surface area contributed by atoms with Gasteiger partial charge >= 0.3 is 18.0 Å². The summed E-state index contributed by atoms with van der Waals surface area (Å²) in [5.41, 5.74) is 0.209. The molecule has 48 heavy (non-hydrogen) atoms. The van der Waals surface area contributed by atoms with Gasteiger partial charge < -0.3 is 24.1 Å². The van der Waals surface area contributed by atoms with Crippen molar-refractivity contribution in [3.63, 3.8) is 0 Å². The monoisotopic (exact) mass is 661 g/mol. The summed E-state index contributed by atoms with van der Waals surface area (Å²) in [5, 5.41) is 12.5. The number of ether oxygens (including phenoxy) is 4. The van der Waals surface area contributed by atoms with Gasteiger partial charge in [-0.15, -0.1) is 0 Å². The van der Waals surface area contributed by atoms with E-state index in [1.807, 2.05) is 0 Å². The highest BCUT2D eigenvalue weighted by molar-refractivity contribution is 5.96. The molecular formula is C39H51NO8. The Kier molecular flexibility index (Phi) is 8.08. The van der Waals surface area contributed by atoms with Crippen molar-refractivity contribution >= 4 is 28.9 Å². The average molecular weight is 662 g/mol. The normalized spacial score (nSPS) is 35.8. The number of nitrogens with zero attached hydrogens (tertiary/aromatic N) is 1. The molecule has 0 aliphatic heterocycles. The molecule has 0 radical (unpaired) electrons. The number of carbonyl (C=O) groups excluding carboxylic acids is 3. The van der Waals surface area contributed by atoms with E-state index in [0.717, 1.165) is 75.0 Å². The van der Waals surface area contributed by atoms with Crippen molar-refractivity contribution in [2.24, 2.45) is 53.3 Å². The Labute approximate surface area is 283 Å². The van der Waals surface area contributed by atoms with Crippen molar-refractivity contribution in [2.75, 3.05) is 7.11 Å². The van der Waals surface area contributed by atoms with Crippen LogP contribution in [0.15, 0.2) is 24.4 Å². The highest BCUT2D eigenvalue weighted by Crippen LogP contribution is 2.56. The van der Waals surface area contributed by atoms with Crippen molar-refractivity contribution in [3.8, 4) is 5.75 Å². The summed E-state index contributed by atoms with van der Waals surface area (Å²) in [7, 11) is 1.55. The molecule has 9 heteroatoms. The number of rotatable bonds is 8. The molecule has 8 aliphatic rings. The number of aromatic nitrogens is 1. The minimum atomic E-state index is -1.28. The summed E-state index contributed by atoms with van der Waals surface area (Å²) >= 11 is 0. The molecule has 0 saturated heterocycles. The van der Waals surface area contributed by atoms with E-state index >= 15 is 0 Å². The first-order valence-corrected chi connectivity index (χ1v) is 18.4. The summed E-state index contributed by atoms with van der Waals surface area (Å²) < 4.78 is 25.2. The lowest BCUT2D eigenvalue weighted by Crippen LogP contribution is -2.52. The highest BCUT2D eigenvalue weighted by atomic mass is 16.6. The van der Waals surface area contributed by atoms with Crippen molar-refractivity contribution in [2.45, 2.75) is 115 Å². The van der Waals surface area contributed by atoms with Gasteiger partial charge in [0.15, 0.2) is 5.92 Å². The Morgan fingerprint density at radius 1 is 0.792 bits per heavy atom. The van der Waals surface area contributed by atoms with Crippen LogP contribution in [0.2, 0.25) is 0 Å². The predicted octanol–water partition coefficient (Wildman–Crippen LogP) is 7.21. The number of aliphatic hydroxyl groups is 1. The first kappa shape index (κ1) is 32.2. The molecule has 260 valence electrons. The fourth-order valence-electron chi connectivity index (χ4n) is 11.3. The maximum atomic E-state index is 14.2. The second-order valence-electron chi connectivity index (χ2n) is 17.3. The molecule has 1 heterocycles. The zero-order valence-electron chi connectivity index (χ0n) is 28.8. The Bertz CT molecular complexity index is 1470. The van der Waals surface area contributed by atoms with E-state index in [-0.39, 0.29) is 18.6 Å². The summed E-state index contributed by atoms with van der Waals surface area (Å²) in [4.78, 5) is 41.7. The standard InChI is InChI=1S/C39H51NO8/c1-39(2,3)48-38(44)40-19-31(29-17-28(45-4)5-6-32(29)40)33(41)18-30(36(42)46-34-24-9-20-7-21(11-24)12-25(34)10-20)37(43)47-35-26-13-22-8-23(15-26)16-27(35)14-22/h5-6,17,19-27,30,33-35,41H,7-16,18H2,1-4H3/t20?,21?,22?,23?,24?,25?,26?,27?,30?,33-,34?,35?/m0/s1. The number of fused-ring (bicyclic) bond motifs is 1. The Morgan fingerprint density at radius 3 is 1.71 bits per heavy atom. The third kappa shape index (κ3) is 5.92. The molecule has 1 N–H and O–H groups in total. The fourth-order valence-corrected chi connectivity index (χ4v) is 11.3. The fraction of sp³-hybridized carbons (Fsp3) is 0.718. The molecule has 8 fully saturated rings. The van der Waals surface area contributed by atoms with Crippen LogP contribution in [0.3, 0.4) is 0 Å². The van der Waals surface area contributed by atoms with Crippen LogP contribution in [-0.2, 0) is 23.8 Å². The lowest BCUT2D eigenvalue weighted by Gasteiger charge is -2.54. The molecule has 0 spiro atoms. The topological polar surface area (TPSA) is 113 Å². The van der Waals surface area contributed by atoms with Crippen LogP contribution < -0.4 is 4.74 Å². The average Bonchev–Trinajstić information content (AvgIpc) is 3.41. The van der Waals surface area contributed by atoms with Crippen molar-refractivity contribution in [3.05, 3.63) is 30.0 Å². The molecule has 0 amide bonds. The number of benzene rings is 1. The molecule has 1 aromatic carbocycles. The Hall–Kier alpha value is -3.07. The van der Waals surface area contributed by atoms with Crippen molar-refractivity contribution in [1.82, 2.24) is 4.57 Å². The zero-order chi connectivity index (χ0) is 33.5. The van der Waals surface area contributed by atoms with E-state index in [0.29, 0.717) is 45.9 Å². The smallest absolute Gasteiger partial charge is 0.419 e. The van der Waals surface area contributed by atoms with Gasteiger partial charge in [-0.2, -0.15) is 0 Å². The first-order chi connectivity index (χ1) is 22.9. The minimum Gasteiger partial charge on any atom is -0.497 e. The molecule has 1 aromatic heterocycles. The van der Waals surface area contributed by atoms with Crippen molar-refractivity contribution in [1.29, 1.82) is 0 Å². The summed E-state index contributed by atoms with van der Waals surface area (Å²) in [6.45, 7) is 5.39. The molecular weight excluding hydrogens is 610 g/mol. The van der Waals surface area contributed by atoms with Crippen LogP contribution >= 0.6 is 0 Å².